The van der Waals surface area contributed by atoms with Gasteiger partial charge >= 0.3 is 12.0 Å². The standard InChI is InChI=1S/C10H16N2O4S/c1-10(16)2-3-11(5-10)9(15)12-6-17-4-7(12)8(13)14/h7,16H,2-6H2,1H3,(H,13,14). The maximum absolute atomic E-state index is 12.1. The van der Waals surface area contributed by atoms with Crippen molar-refractivity contribution in [1.29, 1.82) is 0 Å². The summed E-state index contributed by atoms with van der Waals surface area (Å²) in [6, 6.07) is -1.02. The molecule has 0 radical (unpaired) electrons. The van der Waals surface area contributed by atoms with Crippen molar-refractivity contribution in [3.63, 3.8) is 0 Å². The molecule has 6 nitrogen and oxygen atoms in total. The number of carbonyl (C=O) groups is 2. The Morgan fingerprint density at radius 2 is 2.18 bits per heavy atom. The van der Waals surface area contributed by atoms with E-state index in [4.69, 9.17) is 5.11 Å². The number of aliphatic hydroxyl groups is 1. The highest BCUT2D eigenvalue weighted by atomic mass is 32.2. The lowest BCUT2D eigenvalue weighted by atomic mass is 10.1. The number of hydrogen-bond acceptors (Lipinski definition) is 4. The number of carboxylic acid groups (broad SMARTS) is 1. The molecule has 2 unspecified atom stereocenters. The first-order valence-electron chi connectivity index (χ1n) is 5.49. The molecule has 2 heterocycles. The fourth-order valence-electron chi connectivity index (χ4n) is 2.13. The van der Waals surface area contributed by atoms with Crippen LogP contribution >= 0.6 is 11.8 Å². The monoisotopic (exact) mass is 260 g/mol. The zero-order valence-electron chi connectivity index (χ0n) is 9.63. The van der Waals surface area contributed by atoms with Gasteiger partial charge in [-0.05, 0) is 13.3 Å². The zero-order valence-corrected chi connectivity index (χ0v) is 10.4. The Hall–Kier alpha value is -0.950. The molecule has 2 aliphatic heterocycles. The third-order valence-corrected chi connectivity index (χ3v) is 4.15. The molecule has 0 bridgehead atoms. The number of hydrogen-bond donors (Lipinski definition) is 2. The summed E-state index contributed by atoms with van der Waals surface area (Å²) in [7, 11) is 0. The Morgan fingerprint density at radius 1 is 1.47 bits per heavy atom. The molecule has 2 saturated heterocycles. The minimum absolute atomic E-state index is 0.277. The highest BCUT2D eigenvalue weighted by molar-refractivity contribution is 7.99. The largest absolute Gasteiger partial charge is 0.480 e. The first kappa shape index (κ1) is 12.5. The van der Waals surface area contributed by atoms with E-state index in [9.17, 15) is 14.7 Å². The van der Waals surface area contributed by atoms with Gasteiger partial charge in [0, 0.05) is 12.3 Å². The van der Waals surface area contributed by atoms with E-state index in [-0.39, 0.29) is 12.6 Å². The van der Waals surface area contributed by atoms with Gasteiger partial charge in [0.15, 0.2) is 0 Å². The van der Waals surface area contributed by atoms with Gasteiger partial charge in [-0.3, -0.25) is 0 Å². The van der Waals surface area contributed by atoms with E-state index in [1.165, 1.54) is 21.6 Å². The molecule has 0 saturated carbocycles. The quantitative estimate of drug-likeness (QED) is 0.695. The molecule has 7 heteroatoms. The Balaban J connectivity index is 2.03. The van der Waals surface area contributed by atoms with E-state index in [0.717, 1.165) is 0 Å². The Kier molecular flexibility index (Phi) is 3.22. The van der Waals surface area contributed by atoms with Crippen LogP contribution in [0.2, 0.25) is 0 Å². The van der Waals surface area contributed by atoms with E-state index >= 15 is 0 Å². The van der Waals surface area contributed by atoms with Crippen molar-refractivity contribution < 1.29 is 19.8 Å². The second kappa shape index (κ2) is 4.38. The van der Waals surface area contributed by atoms with E-state index in [1.807, 2.05) is 0 Å². The molecule has 96 valence electrons. The summed E-state index contributed by atoms with van der Waals surface area (Å²) in [4.78, 5) is 26.0. The molecule has 2 fully saturated rings. The number of urea groups is 1. The Bertz CT molecular complexity index is 347. The van der Waals surface area contributed by atoms with Crippen LogP contribution < -0.4 is 0 Å². The predicted octanol–water partition coefficient (Wildman–Crippen LogP) is 0.0226. The van der Waals surface area contributed by atoms with Crippen LogP contribution in [-0.4, -0.2) is 68.4 Å². The summed E-state index contributed by atoms with van der Waals surface area (Å²) in [6.07, 6.45) is 0.539. The molecule has 0 aromatic carbocycles. The topological polar surface area (TPSA) is 81.1 Å². The second-order valence-electron chi connectivity index (χ2n) is 4.77. The average Bonchev–Trinajstić information content (AvgIpc) is 2.82. The maximum Gasteiger partial charge on any atom is 0.327 e. The average molecular weight is 260 g/mol. The predicted molar refractivity (Wildman–Crippen MR) is 62.8 cm³/mol. The normalized spacial score (nSPS) is 33.2. The van der Waals surface area contributed by atoms with Gasteiger partial charge in [0.1, 0.15) is 6.04 Å². The van der Waals surface area contributed by atoms with Gasteiger partial charge < -0.3 is 20.0 Å². The number of carbonyl (C=O) groups excluding carboxylic acids is 1. The molecular formula is C10H16N2O4S. The summed E-state index contributed by atoms with van der Waals surface area (Å²) < 4.78 is 0. The molecule has 17 heavy (non-hydrogen) atoms. The van der Waals surface area contributed by atoms with Crippen LogP contribution in [0.4, 0.5) is 4.79 Å². The molecule has 2 amide bonds. The lowest BCUT2D eigenvalue weighted by Gasteiger charge is -2.27. The van der Waals surface area contributed by atoms with Crippen molar-refractivity contribution in [3.05, 3.63) is 0 Å². The highest BCUT2D eigenvalue weighted by Crippen LogP contribution is 2.26. The summed E-state index contributed by atoms with van der Waals surface area (Å²) in [5.41, 5.74) is -0.846. The number of rotatable bonds is 1. The molecule has 0 aromatic heterocycles. The fourth-order valence-corrected chi connectivity index (χ4v) is 3.26. The number of nitrogens with zero attached hydrogens (tertiary/aromatic N) is 2. The molecule has 0 aliphatic carbocycles. The van der Waals surface area contributed by atoms with Crippen LogP contribution in [-0.2, 0) is 4.79 Å². The summed E-state index contributed by atoms with van der Waals surface area (Å²) in [5, 5.41) is 18.8. The second-order valence-corrected chi connectivity index (χ2v) is 5.77. The van der Waals surface area contributed by atoms with Crippen molar-refractivity contribution in [2.75, 3.05) is 24.7 Å². The Morgan fingerprint density at radius 3 is 2.71 bits per heavy atom. The third kappa shape index (κ3) is 2.50. The molecule has 0 spiro atoms. The SMILES string of the molecule is CC1(O)CCN(C(=O)N2CSCC2C(=O)O)C1. The van der Waals surface area contributed by atoms with Gasteiger partial charge in [-0.1, -0.05) is 0 Å². The molecular weight excluding hydrogens is 244 g/mol. The fraction of sp³-hybridized carbons (Fsp3) is 0.800. The van der Waals surface area contributed by atoms with Crippen LogP contribution in [0, 0.1) is 0 Å². The number of aliphatic carboxylic acids is 1. The third-order valence-electron chi connectivity index (χ3n) is 3.14. The Labute approximate surface area is 104 Å². The number of thioether (sulfide) groups is 1. The van der Waals surface area contributed by atoms with Crippen molar-refractivity contribution in [3.8, 4) is 0 Å². The zero-order chi connectivity index (χ0) is 12.6. The number of likely N-dealkylation sites (tertiary alicyclic amines) is 1. The lowest BCUT2D eigenvalue weighted by molar-refractivity contribution is -0.140. The van der Waals surface area contributed by atoms with Crippen LogP contribution in [0.5, 0.6) is 0 Å². The van der Waals surface area contributed by atoms with Gasteiger partial charge in [-0.2, -0.15) is 0 Å². The van der Waals surface area contributed by atoms with Crippen LogP contribution in [0.3, 0.4) is 0 Å². The maximum atomic E-state index is 12.1. The molecule has 2 aliphatic rings. The van der Waals surface area contributed by atoms with Crippen molar-refractivity contribution in [1.82, 2.24) is 9.80 Å². The van der Waals surface area contributed by atoms with E-state index in [0.29, 0.717) is 24.6 Å². The lowest BCUT2D eigenvalue weighted by Crippen LogP contribution is -2.48. The molecule has 2 N–H and O–H groups in total. The van der Waals surface area contributed by atoms with E-state index < -0.39 is 17.6 Å². The van der Waals surface area contributed by atoms with Crippen LogP contribution in [0.25, 0.3) is 0 Å². The number of amides is 2. The van der Waals surface area contributed by atoms with E-state index in [1.54, 1.807) is 6.92 Å². The van der Waals surface area contributed by atoms with Gasteiger partial charge in [0.2, 0.25) is 0 Å². The van der Waals surface area contributed by atoms with Crippen molar-refractivity contribution in [2.45, 2.75) is 25.0 Å². The first-order chi connectivity index (χ1) is 7.91. The van der Waals surface area contributed by atoms with Crippen molar-refractivity contribution >= 4 is 23.8 Å². The molecule has 2 atom stereocenters. The summed E-state index contributed by atoms with van der Waals surface area (Å²) in [5.74, 6) is -0.117. The van der Waals surface area contributed by atoms with Gasteiger partial charge in [0.05, 0.1) is 18.0 Å². The molecule has 0 aromatic rings. The smallest absolute Gasteiger partial charge is 0.327 e. The minimum Gasteiger partial charge on any atom is -0.480 e. The van der Waals surface area contributed by atoms with Gasteiger partial charge in [0.25, 0.3) is 0 Å². The summed E-state index contributed by atoms with van der Waals surface area (Å²) in [6.45, 7) is 2.45. The highest BCUT2D eigenvalue weighted by Gasteiger charge is 2.41. The van der Waals surface area contributed by atoms with Gasteiger partial charge in [-0.15, -0.1) is 11.8 Å². The minimum atomic E-state index is -0.964. The van der Waals surface area contributed by atoms with Gasteiger partial charge in [-0.25, -0.2) is 9.59 Å². The van der Waals surface area contributed by atoms with Crippen molar-refractivity contribution in [2.24, 2.45) is 0 Å². The van der Waals surface area contributed by atoms with Crippen LogP contribution in [0.1, 0.15) is 13.3 Å². The number of carboxylic acids is 1. The van der Waals surface area contributed by atoms with Crippen LogP contribution in [0.15, 0.2) is 0 Å². The number of β-amino-alcohol motifs (C(OH)–C–C–N with tert-alkyl or cyclic N) is 1. The first-order valence-corrected chi connectivity index (χ1v) is 6.65. The van der Waals surface area contributed by atoms with E-state index in [2.05, 4.69) is 0 Å². The molecule has 2 rings (SSSR count). The summed E-state index contributed by atoms with van der Waals surface area (Å²) >= 11 is 1.44.